The zero-order chi connectivity index (χ0) is 24.3. The zero-order valence-electron chi connectivity index (χ0n) is 20.7. The van der Waals surface area contributed by atoms with Crippen LogP contribution in [0.2, 0.25) is 0 Å². The molecule has 1 spiro atoms. The Balaban J connectivity index is 1.13. The summed E-state index contributed by atoms with van der Waals surface area (Å²) in [5, 5.41) is 0. The smallest absolute Gasteiger partial charge is 0.410 e. The third-order valence-corrected chi connectivity index (χ3v) is 8.47. The summed E-state index contributed by atoms with van der Waals surface area (Å²) in [4.78, 5) is 16.3. The van der Waals surface area contributed by atoms with Crippen LogP contribution in [-0.2, 0) is 18.9 Å². The number of epoxide rings is 2. The average molecular weight is 485 g/mol. The van der Waals surface area contributed by atoms with Crippen molar-refractivity contribution in [2.75, 3.05) is 46.4 Å². The van der Waals surface area contributed by atoms with Crippen molar-refractivity contribution in [2.45, 2.75) is 81.9 Å². The van der Waals surface area contributed by atoms with E-state index in [0.717, 1.165) is 19.3 Å². The van der Waals surface area contributed by atoms with E-state index in [4.69, 9.17) is 18.9 Å². The second-order valence-corrected chi connectivity index (χ2v) is 11.4. The Morgan fingerprint density at radius 3 is 2.53 bits per heavy atom. The summed E-state index contributed by atoms with van der Waals surface area (Å²) in [5.74, 6) is -2.17. The molecule has 0 N–H and O–H groups in total. The number of carbonyl (C=O) groups is 1. The first-order valence-corrected chi connectivity index (χ1v) is 12.6. The normalized spacial score (nSPS) is 40.9. The van der Waals surface area contributed by atoms with Gasteiger partial charge in [0.1, 0.15) is 23.4 Å². The lowest BCUT2D eigenvalue weighted by Gasteiger charge is -2.45. The molecule has 5 rings (SSSR count). The monoisotopic (exact) mass is 484 g/mol. The van der Waals surface area contributed by atoms with Crippen molar-refractivity contribution in [2.24, 2.45) is 11.8 Å². The van der Waals surface area contributed by atoms with E-state index in [-0.39, 0.29) is 54.6 Å². The molecule has 1 saturated carbocycles. The van der Waals surface area contributed by atoms with Crippen molar-refractivity contribution in [1.29, 1.82) is 0 Å². The molecule has 4 aliphatic heterocycles. The molecule has 6 atom stereocenters. The molecule has 0 aromatic carbocycles. The van der Waals surface area contributed by atoms with Crippen molar-refractivity contribution in [3.05, 3.63) is 11.6 Å². The van der Waals surface area contributed by atoms with Crippen LogP contribution in [0.5, 0.6) is 0 Å². The Morgan fingerprint density at radius 1 is 1.24 bits per heavy atom. The molecule has 4 saturated heterocycles. The quantitative estimate of drug-likeness (QED) is 0.388. The Bertz CT molecular complexity index is 816. The van der Waals surface area contributed by atoms with Crippen molar-refractivity contribution in [1.82, 2.24) is 9.80 Å². The van der Waals surface area contributed by atoms with Gasteiger partial charge in [-0.25, -0.2) is 13.6 Å². The Hall–Kier alpha value is -1.29. The number of rotatable bonds is 8. The van der Waals surface area contributed by atoms with Crippen LogP contribution >= 0.6 is 0 Å². The number of likely N-dealkylation sites (tertiary alicyclic amines) is 2. The first-order chi connectivity index (χ1) is 16.1. The van der Waals surface area contributed by atoms with E-state index < -0.39 is 5.92 Å². The van der Waals surface area contributed by atoms with Crippen LogP contribution in [0.1, 0.15) is 46.5 Å². The van der Waals surface area contributed by atoms with Gasteiger partial charge in [-0.3, -0.25) is 4.90 Å². The van der Waals surface area contributed by atoms with E-state index in [0.29, 0.717) is 38.6 Å². The minimum atomic E-state index is -2.52. The van der Waals surface area contributed by atoms with Crippen LogP contribution in [0, 0.1) is 11.8 Å². The fourth-order valence-electron chi connectivity index (χ4n) is 6.31. The Labute approximate surface area is 200 Å². The van der Waals surface area contributed by atoms with Crippen molar-refractivity contribution in [3.63, 3.8) is 0 Å². The highest BCUT2D eigenvalue weighted by Crippen LogP contribution is 2.59. The molecule has 5 aliphatic rings. The molecule has 5 fully saturated rings. The van der Waals surface area contributed by atoms with Crippen LogP contribution in [0.3, 0.4) is 0 Å². The molecule has 9 heteroatoms. The number of nitrogens with zero attached hydrogens (tertiary/aromatic N) is 2. The maximum Gasteiger partial charge on any atom is 0.410 e. The fraction of sp³-hybridized carbons (Fsp3) is 0.880. The lowest BCUT2D eigenvalue weighted by Crippen LogP contribution is -2.59. The first kappa shape index (κ1) is 24.4. The maximum atomic E-state index is 13.0. The summed E-state index contributed by atoms with van der Waals surface area (Å²) < 4.78 is 50.0. The van der Waals surface area contributed by atoms with Gasteiger partial charge >= 0.3 is 6.09 Å². The van der Waals surface area contributed by atoms with Gasteiger partial charge in [0.2, 0.25) is 0 Å². The van der Waals surface area contributed by atoms with E-state index in [9.17, 15) is 13.6 Å². The van der Waals surface area contributed by atoms with E-state index in [1.165, 1.54) is 5.57 Å². The van der Waals surface area contributed by atoms with Gasteiger partial charge in [-0.15, -0.1) is 0 Å². The zero-order valence-corrected chi connectivity index (χ0v) is 20.7. The SMILES string of the molecule is COC1C(OC(=O)N2CC(CCN3CC(F)(F)C3)C2)CCC2(CO2)C1[C@@]1(C)O[C@@H]1CC=C(C)C. The number of alkyl halides is 2. The summed E-state index contributed by atoms with van der Waals surface area (Å²) in [6.45, 7) is 8.62. The van der Waals surface area contributed by atoms with Crippen LogP contribution in [0.15, 0.2) is 11.6 Å². The van der Waals surface area contributed by atoms with Gasteiger partial charge in [0.05, 0.1) is 31.7 Å². The molecule has 4 unspecified atom stereocenters. The highest BCUT2D eigenvalue weighted by atomic mass is 19.3. The number of hydrogen-bond donors (Lipinski definition) is 0. The molecule has 1 amide bonds. The summed E-state index contributed by atoms with van der Waals surface area (Å²) in [6, 6.07) is 0. The lowest BCUT2D eigenvalue weighted by atomic mass is 9.68. The van der Waals surface area contributed by atoms with Crippen LogP contribution in [0.25, 0.3) is 0 Å². The van der Waals surface area contributed by atoms with E-state index in [1.807, 2.05) is 0 Å². The van der Waals surface area contributed by atoms with Gasteiger partial charge in [-0.05, 0) is 58.9 Å². The minimum absolute atomic E-state index is 0.00547. The standard InChI is InChI=1S/C25H38F2N2O5/c1-16(2)5-6-19-23(3,34-19)21-20(31-4)18(7-9-24(21)15-32-24)33-22(30)29-11-17(12-29)8-10-28-13-25(26,27)14-28/h5,17-21H,6-15H2,1-4H3/t18?,19-,20?,21?,23+,24?/m1/s1. The summed E-state index contributed by atoms with van der Waals surface area (Å²) in [7, 11) is 1.68. The molecule has 34 heavy (non-hydrogen) atoms. The van der Waals surface area contributed by atoms with Gasteiger partial charge in [-0.2, -0.15) is 0 Å². The summed E-state index contributed by atoms with van der Waals surface area (Å²) in [5.41, 5.74) is 0.668. The average Bonchev–Trinajstić information content (AvgIpc) is 3.62. The van der Waals surface area contributed by atoms with Gasteiger partial charge in [0, 0.05) is 20.2 Å². The maximum absolute atomic E-state index is 13.0. The first-order valence-electron chi connectivity index (χ1n) is 12.6. The highest BCUT2D eigenvalue weighted by Gasteiger charge is 2.72. The van der Waals surface area contributed by atoms with Crippen LogP contribution in [-0.4, -0.2) is 97.8 Å². The number of carbonyl (C=O) groups excluding carboxylic acids is 1. The van der Waals surface area contributed by atoms with Gasteiger partial charge in [0.25, 0.3) is 5.92 Å². The molecular weight excluding hydrogens is 446 g/mol. The number of halogens is 2. The number of ether oxygens (including phenoxy) is 4. The second kappa shape index (κ2) is 8.68. The predicted octanol–water partition coefficient (Wildman–Crippen LogP) is 3.47. The van der Waals surface area contributed by atoms with Crippen LogP contribution < -0.4 is 0 Å². The third-order valence-electron chi connectivity index (χ3n) is 8.47. The summed E-state index contributed by atoms with van der Waals surface area (Å²) in [6.07, 6.45) is 4.59. The molecule has 0 aromatic heterocycles. The molecule has 0 bridgehead atoms. The van der Waals surface area contributed by atoms with E-state index >= 15 is 0 Å². The van der Waals surface area contributed by atoms with Crippen molar-refractivity contribution >= 4 is 6.09 Å². The Morgan fingerprint density at radius 2 is 1.94 bits per heavy atom. The summed E-state index contributed by atoms with van der Waals surface area (Å²) >= 11 is 0. The predicted molar refractivity (Wildman–Crippen MR) is 121 cm³/mol. The van der Waals surface area contributed by atoms with Crippen LogP contribution in [0.4, 0.5) is 13.6 Å². The molecule has 7 nitrogen and oxygen atoms in total. The molecule has 4 heterocycles. The van der Waals surface area contributed by atoms with Gasteiger partial charge < -0.3 is 23.8 Å². The van der Waals surface area contributed by atoms with Crippen molar-refractivity contribution in [3.8, 4) is 0 Å². The number of hydrogen-bond acceptors (Lipinski definition) is 6. The lowest BCUT2D eigenvalue weighted by molar-refractivity contribution is -0.133. The molecule has 0 radical (unpaired) electrons. The van der Waals surface area contributed by atoms with Gasteiger partial charge in [0.15, 0.2) is 0 Å². The fourth-order valence-corrected chi connectivity index (χ4v) is 6.31. The topological polar surface area (TPSA) is 67.1 Å². The van der Waals surface area contributed by atoms with E-state index in [1.54, 1.807) is 16.9 Å². The minimum Gasteiger partial charge on any atom is -0.443 e. The largest absolute Gasteiger partial charge is 0.443 e. The molecule has 192 valence electrons. The van der Waals surface area contributed by atoms with Gasteiger partial charge in [-0.1, -0.05) is 11.6 Å². The van der Waals surface area contributed by atoms with Crippen molar-refractivity contribution < 1.29 is 32.5 Å². The molecule has 1 aliphatic carbocycles. The molecular formula is C25H38F2N2O5. The third kappa shape index (κ3) is 4.61. The Kier molecular flexibility index (Phi) is 6.23. The molecule has 0 aromatic rings. The highest BCUT2D eigenvalue weighted by molar-refractivity contribution is 5.69. The number of methoxy groups -OCH3 is 1. The number of amides is 1. The number of allylic oxidation sites excluding steroid dienone is 1. The van der Waals surface area contributed by atoms with E-state index in [2.05, 4.69) is 26.8 Å². The second-order valence-electron chi connectivity index (χ2n) is 11.4.